The molecule has 1 atom stereocenters. The second kappa shape index (κ2) is 5.80. The van der Waals surface area contributed by atoms with E-state index in [-0.39, 0.29) is 18.2 Å². The van der Waals surface area contributed by atoms with Crippen LogP contribution in [0.5, 0.6) is 0 Å². The lowest BCUT2D eigenvalue weighted by Gasteiger charge is -2.24. The van der Waals surface area contributed by atoms with Gasteiger partial charge in [0.05, 0.1) is 6.61 Å². The van der Waals surface area contributed by atoms with Gasteiger partial charge in [-0.05, 0) is 48.6 Å². The van der Waals surface area contributed by atoms with E-state index in [4.69, 9.17) is 11.6 Å². The maximum absolute atomic E-state index is 9.26. The highest BCUT2D eigenvalue weighted by Gasteiger charge is 2.45. The Morgan fingerprint density at radius 3 is 2.62 bits per heavy atom. The van der Waals surface area contributed by atoms with Crippen LogP contribution in [-0.2, 0) is 12.1 Å². The molecular weight excluding hydrogens is 282 g/mol. The molecule has 3 heteroatoms. The van der Waals surface area contributed by atoms with Crippen molar-refractivity contribution in [3.05, 3.63) is 70.2 Å². The fourth-order valence-electron chi connectivity index (χ4n) is 2.89. The smallest absolute Gasteiger partial charge is 0.0681 e. The van der Waals surface area contributed by atoms with Gasteiger partial charge in [0.1, 0.15) is 0 Å². The van der Waals surface area contributed by atoms with Crippen LogP contribution < -0.4 is 5.32 Å². The third-order valence-corrected chi connectivity index (χ3v) is 4.49. The van der Waals surface area contributed by atoms with Crippen molar-refractivity contribution in [1.82, 2.24) is 5.32 Å². The highest BCUT2D eigenvalue weighted by molar-refractivity contribution is 6.30. The third-order valence-electron chi connectivity index (χ3n) is 4.25. The summed E-state index contributed by atoms with van der Waals surface area (Å²) in [4.78, 5) is 0. The summed E-state index contributed by atoms with van der Waals surface area (Å²) in [5, 5.41) is 13.8. The van der Waals surface area contributed by atoms with E-state index in [1.165, 1.54) is 11.1 Å². The number of hydrogen-bond acceptors (Lipinski definition) is 2. The van der Waals surface area contributed by atoms with E-state index < -0.39 is 0 Å². The van der Waals surface area contributed by atoms with Crippen LogP contribution in [0, 0.1) is 0 Å². The summed E-state index contributed by atoms with van der Waals surface area (Å²) in [6.07, 6.45) is 2.27. The van der Waals surface area contributed by atoms with Crippen LogP contribution in [0.25, 0.3) is 0 Å². The zero-order chi connectivity index (χ0) is 14.9. The summed E-state index contributed by atoms with van der Waals surface area (Å²) in [6, 6.07) is 16.5. The summed E-state index contributed by atoms with van der Waals surface area (Å²) < 4.78 is 0. The highest BCUT2D eigenvalue weighted by Crippen LogP contribution is 2.47. The zero-order valence-corrected chi connectivity index (χ0v) is 12.9. The van der Waals surface area contributed by atoms with Crippen LogP contribution in [0.15, 0.2) is 48.5 Å². The van der Waals surface area contributed by atoms with Crippen molar-refractivity contribution in [2.24, 2.45) is 0 Å². The predicted octanol–water partition coefficient (Wildman–Crippen LogP) is 4.17. The molecule has 1 aliphatic carbocycles. The van der Waals surface area contributed by atoms with Crippen molar-refractivity contribution < 1.29 is 5.11 Å². The molecule has 2 nitrogen and oxygen atoms in total. The maximum Gasteiger partial charge on any atom is 0.0681 e. The van der Waals surface area contributed by atoms with Crippen LogP contribution in [0.2, 0.25) is 5.02 Å². The summed E-state index contributed by atoms with van der Waals surface area (Å²) in [6.45, 7) is 2.25. The van der Waals surface area contributed by atoms with Crippen LogP contribution >= 0.6 is 11.6 Å². The van der Waals surface area contributed by atoms with E-state index in [1.54, 1.807) is 0 Å². The van der Waals surface area contributed by atoms with Gasteiger partial charge < -0.3 is 10.4 Å². The second-order valence-electron chi connectivity index (χ2n) is 5.86. The van der Waals surface area contributed by atoms with Crippen molar-refractivity contribution in [3.8, 4) is 0 Å². The van der Waals surface area contributed by atoms with E-state index in [0.29, 0.717) is 0 Å². The Bertz CT molecular complexity index is 637. The monoisotopic (exact) mass is 301 g/mol. The van der Waals surface area contributed by atoms with Crippen molar-refractivity contribution in [2.45, 2.75) is 38.0 Å². The molecule has 0 aliphatic heterocycles. The second-order valence-corrected chi connectivity index (χ2v) is 6.30. The fourth-order valence-corrected chi connectivity index (χ4v) is 3.08. The Kier molecular flexibility index (Phi) is 4.03. The average Bonchev–Trinajstić information content (AvgIpc) is 3.28. The Hall–Kier alpha value is -1.35. The van der Waals surface area contributed by atoms with Gasteiger partial charge >= 0.3 is 0 Å². The average molecular weight is 302 g/mol. The largest absolute Gasteiger partial charge is 0.392 e. The van der Waals surface area contributed by atoms with E-state index in [2.05, 4.69) is 36.5 Å². The Morgan fingerprint density at radius 1 is 1.19 bits per heavy atom. The maximum atomic E-state index is 9.26. The molecule has 2 aromatic rings. The number of aliphatic hydroxyl groups excluding tert-OH is 1. The Labute approximate surface area is 130 Å². The van der Waals surface area contributed by atoms with Crippen molar-refractivity contribution in [3.63, 3.8) is 0 Å². The van der Waals surface area contributed by atoms with Crippen molar-refractivity contribution in [2.75, 3.05) is 0 Å². The first-order valence-corrected chi connectivity index (χ1v) is 7.74. The molecule has 3 rings (SSSR count). The number of hydrogen-bond donors (Lipinski definition) is 2. The van der Waals surface area contributed by atoms with Crippen LogP contribution in [0.1, 0.15) is 42.5 Å². The van der Waals surface area contributed by atoms with Crippen LogP contribution in [0.3, 0.4) is 0 Å². The molecule has 0 bridgehead atoms. The molecule has 110 valence electrons. The van der Waals surface area contributed by atoms with Gasteiger partial charge in [-0.3, -0.25) is 0 Å². The van der Waals surface area contributed by atoms with Crippen molar-refractivity contribution in [1.29, 1.82) is 0 Å². The van der Waals surface area contributed by atoms with Gasteiger partial charge in [0.2, 0.25) is 0 Å². The number of halogens is 1. The zero-order valence-electron chi connectivity index (χ0n) is 12.1. The first-order valence-electron chi connectivity index (χ1n) is 7.36. The lowest BCUT2D eigenvalue weighted by atomic mass is 10.0. The molecular formula is C18H20ClNO. The van der Waals surface area contributed by atoms with E-state index in [0.717, 1.165) is 23.4 Å². The van der Waals surface area contributed by atoms with E-state index >= 15 is 0 Å². The first kappa shape index (κ1) is 14.6. The lowest BCUT2D eigenvalue weighted by Crippen LogP contribution is -2.31. The standard InChI is InChI=1S/C18H20ClNO/c1-13(15-5-2-4-14(10-15)12-21)20-18(8-9-18)16-6-3-7-17(19)11-16/h2-7,10-11,13,20-21H,8-9,12H2,1H3. The van der Waals surface area contributed by atoms with Gasteiger partial charge in [0.15, 0.2) is 0 Å². The van der Waals surface area contributed by atoms with Gasteiger partial charge in [-0.1, -0.05) is 48.0 Å². The Morgan fingerprint density at radius 2 is 1.95 bits per heavy atom. The SMILES string of the molecule is CC(NC1(c2cccc(Cl)c2)CC1)c1cccc(CO)c1. The van der Waals surface area contributed by atoms with Gasteiger partial charge in [0, 0.05) is 16.6 Å². The minimum atomic E-state index is 0.0551. The Balaban J connectivity index is 1.79. The van der Waals surface area contributed by atoms with Crippen LogP contribution in [-0.4, -0.2) is 5.11 Å². The predicted molar refractivity (Wildman–Crippen MR) is 86.3 cm³/mol. The summed E-state index contributed by atoms with van der Waals surface area (Å²) in [5.41, 5.74) is 3.48. The molecule has 1 saturated carbocycles. The molecule has 0 aromatic heterocycles. The number of nitrogens with one attached hydrogen (secondary N) is 1. The molecule has 2 N–H and O–H groups in total. The molecule has 0 heterocycles. The molecule has 0 amide bonds. The molecule has 1 fully saturated rings. The van der Waals surface area contributed by atoms with Gasteiger partial charge in [-0.25, -0.2) is 0 Å². The molecule has 1 aliphatic rings. The van der Waals surface area contributed by atoms with Gasteiger partial charge in [0.25, 0.3) is 0 Å². The topological polar surface area (TPSA) is 32.3 Å². The molecule has 2 aromatic carbocycles. The molecule has 0 radical (unpaired) electrons. The summed E-state index contributed by atoms with van der Waals surface area (Å²) in [7, 11) is 0. The minimum absolute atomic E-state index is 0.0551. The van der Waals surface area contributed by atoms with E-state index in [9.17, 15) is 5.11 Å². The van der Waals surface area contributed by atoms with Crippen LogP contribution in [0.4, 0.5) is 0 Å². The minimum Gasteiger partial charge on any atom is -0.392 e. The molecule has 1 unspecified atom stereocenters. The summed E-state index contributed by atoms with van der Waals surface area (Å²) in [5.74, 6) is 0. The van der Waals surface area contributed by atoms with E-state index in [1.807, 2.05) is 24.3 Å². The quantitative estimate of drug-likeness (QED) is 0.868. The summed E-state index contributed by atoms with van der Waals surface area (Å²) >= 11 is 6.12. The lowest BCUT2D eigenvalue weighted by molar-refractivity contribution is 0.281. The number of benzene rings is 2. The highest BCUT2D eigenvalue weighted by atomic mass is 35.5. The normalized spacial score (nSPS) is 17.5. The number of aliphatic hydroxyl groups is 1. The van der Waals surface area contributed by atoms with Crippen molar-refractivity contribution >= 4 is 11.6 Å². The number of rotatable bonds is 5. The molecule has 0 saturated heterocycles. The first-order chi connectivity index (χ1) is 10.1. The van der Waals surface area contributed by atoms with Gasteiger partial charge in [-0.15, -0.1) is 0 Å². The fraction of sp³-hybridized carbons (Fsp3) is 0.333. The third kappa shape index (κ3) is 3.13. The molecule has 0 spiro atoms. The van der Waals surface area contributed by atoms with Gasteiger partial charge in [-0.2, -0.15) is 0 Å². The molecule has 21 heavy (non-hydrogen) atoms.